The number of piperazine rings is 1. The first-order valence-corrected chi connectivity index (χ1v) is 12.3. The summed E-state index contributed by atoms with van der Waals surface area (Å²) in [6.45, 7) is 11.0. The summed E-state index contributed by atoms with van der Waals surface area (Å²) in [7, 11) is 0. The lowest BCUT2D eigenvalue weighted by molar-refractivity contribution is 0.0746. The van der Waals surface area contributed by atoms with Gasteiger partial charge in [-0.3, -0.25) is 4.79 Å². The number of benzene rings is 2. The maximum atomic E-state index is 13.1. The minimum Gasteiger partial charge on any atom is -0.416 e. The van der Waals surface area contributed by atoms with E-state index in [2.05, 4.69) is 33.9 Å². The van der Waals surface area contributed by atoms with Crippen molar-refractivity contribution in [2.45, 2.75) is 33.6 Å². The van der Waals surface area contributed by atoms with E-state index in [9.17, 15) is 4.79 Å². The molecule has 0 N–H and O–H groups in total. The third kappa shape index (κ3) is 4.98. The molecule has 0 saturated carbocycles. The Labute approximate surface area is 211 Å². The second kappa shape index (κ2) is 9.89. The number of hydrogen-bond acceptors (Lipinski definition) is 7. The average molecular weight is 483 g/mol. The van der Waals surface area contributed by atoms with E-state index in [0.717, 1.165) is 41.6 Å². The Morgan fingerprint density at radius 1 is 0.833 bits per heavy atom. The SMILES string of the molecule is Cc1ccc(-c2nnc(-c3ccc(C(=O)N4CCN(c5cc(C)nc(C(C)C)n5)CC4)cc3)o2)cc1. The lowest BCUT2D eigenvalue weighted by atomic mass is 10.1. The van der Waals surface area contributed by atoms with Crippen LogP contribution >= 0.6 is 0 Å². The maximum absolute atomic E-state index is 13.1. The topological polar surface area (TPSA) is 88.3 Å². The quantitative estimate of drug-likeness (QED) is 0.400. The zero-order chi connectivity index (χ0) is 25.2. The monoisotopic (exact) mass is 482 g/mol. The van der Waals surface area contributed by atoms with Gasteiger partial charge in [0, 0.05) is 60.5 Å². The number of hydrogen-bond donors (Lipinski definition) is 0. The van der Waals surface area contributed by atoms with Crippen molar-refractivity contribution in [1.82, 2.24) is 25.1 Å². The van der Waals surface area contributed by atoms with Gasteiger partial charge in [-0.1, -0.05) is 31.5 Å². The molecule has 8 heteroatoms. The molecule has 2 aromatic heterocycles. The Morgan fingerprint density at radius 2 is 1.42 bits per heavy atom. The molecule has 36 heavy (non-hydrogen) atoms. The number of anilines is 1. The van der Waals surface area contributed by atoms with Crippen molar-refractivity contribution < 1.29 is 9.21 Å². The summed E-state index contributed by atoms with van der Waals surface area (Å²) in [4.78, 5) is 26.5. The third-order valence-electron chi connectivity index (χ3n) is 6.37. The van der Waals surface area contributed by atoms with Gasteiger partial charge in [0.1, 0.15) is 11.6 Å². The molecule has 0 radical (unpaired) electrons. The Kier molecular flexibility index (Phi) is 6.50. The lowest BCUT2D eigenvalue weighted by Crippen LogP contribution is -2.49. The van der Waals surface area contributed by atoms with E-state index in [1.807, 2.05) is 73.3 Å². The summed E-state index contributed by atoms with van der Waals surface area (Å²) in [5, 5.41) is 8.35. The van der Waals surface area contributed by atoms with E-state index in [-0.39, 0.29) is 11.8 Å². The van der Waals surface area contributed by atoms with Gasteiger partial charge in [-0.2, -0.15) is 0 Å². The van der Waals surface area contributed by atoms with Gasteiger partial charge < -0.3 is 14.2 Å². The summed E-state index contributed by atoms with van der Waals surface area (Å²) in [6, 6.07) is 17.3. The highest BCUT2D eigenvalue weighted by Crippen LogP contribution is 2.25. The molecule has 1 fully saturated rings. The molecule has 2 aromatic carbocycles. The van der Waals surface area contributed by atoms with Gasteiger partial charge in [0.15, 0.2) is 0 Å². The minimum absolute atomic E-state index is 0.0220. The summed E-state index contributed by atoms with van der Waals surface area (Å²) < 4.78 is 5.86. The number of carbonyl (C=O) groups is 1. The Hall–Kier alpha value is -4.07. The average Bonchev–Trinajstić information content (AvgIpc) is 3.39. The number of nitrogens with zero attached hydrogens (tertiary/aromatic N) is 6. The third-order valence-corrected chi connectivity index (χ3v) is 6.37. The van der Waals surface area contributed by atoms with Crippen LogP contribution in [0.3, 0.4) is 0 Å². The van der Waals surface area contributed by atoms with Crippen molar-refractivity contribution in [2.24, 2.45) is 0 Å². The molecule has 1 aliphatic rings. The Balaban J connectivity index is 1.23. The summed E-state index contributed by atoms with van der Waals surface area (Å²) in [5.74, 6) is 2.99. The number of rotatable bonds is 5. The van der Waals surface area contributed by atoms with Gasteiger partial charge in [-0.25, -0.2) is 9.97 Å². The minimum atomic E-state index is 0.0220. The van der Waals surface area contributed by atoms with E-state index >= 15 is 0 Å². The second-order valence-corrected chi connectivity index (χ2v) is 9.52. The van der Waals surface area contributed by atoms with E-state index in [0.29, 0.717) is 30.4 Å². The molecule has 1 amide bonds. The molecule has 4 aromatic rings. The molecule has 0 aliphatic carbocycles. The first kappa shape index (κ1) is 23.7. The van der Waals surface area contributed by atoms with Crippen LogP contribution < -0.4 is 4.90 Å². The van der Waals surface area contributed by atoms with E-state index in [1.54, 1.807) is 0 Å². The largest absolute Gasteiger partial charge is 0.416 e. The van der Waals surface area contributed by atoms with Crippen LogP contribution in [0, 0.1) is 13.8 Å². The van der Waals surface area contributed by atoms with Crippen LogP contribution in [0.2, 0.25) is 0 Å². The predicted octanol–water partition coefficient (Wildman–Crippen LogP) is 4.90. The van der Waals surface area contributed by atoms with Crippen LogP contribution in [0.4, 0.5) is 5.82 Å². The van der Waals surface area contributed by atoms with Gasteiger partial charge in [0.2, 0.25) is 11.8 Å². The van der Waals surface area contributed by atoms with E-state index in [1.165, 1.54) is 5.56 Å². The molecule has 1 saturated heterocycles. The first-order chi connectivity index (χ1) is 17.4. The highest BCUT2D eigenvalue weighted by atomic mass is 16.4. The van der Waals surface area contributed by atoms with E-state index in [4.69, 9.17) is 9.40 Å². The van der Waals surface area contributed by atoms with Crippen molar-refractivity contribution in [3.05, 3.63) is 77.2 Å². The fraction of sp³-hybridized carbons (Fsp3) is 0.321. The Bertz CT molecular complexity index is 1350. The second-order valence-electron chi connectivity index (χ2n) is 9.52. The fourth-order valence-corrected chi connectivity index (χ4v) is 4.22. The van der Waals surface area contributed by atoms with Crippen LogP contribution in [0.5, 0.6) is 0 Å². The maximum Gasteiger partial charge on any atom is 0.253 e. The van der Waals surface area contributed by atoms with Crippen LogP contribution in [-0.4, -0.2) is 57.2 Å². The van der Waals surface area contributed by atoms with Crippen molar-refractivity contribution in [3.63, 3.8) is 0 Å². The molecule has 0 unspecified atom stereocenters. The van der Waals surface area contributed by atoms with Gasteiger partial charge in [0.05, 0.1) is 0 Å². The zero-order valence-electron chi connectivity index (χ0n) is 21.1. The molecule has 0 atom stereocenters. The fourth-order valence-electron chi connectivity index (χ4n) is 4.22. The van der Waals surface area contributed by atoms with Crippen LogP contribution in [0.25, 0.3) is 22.9 Å². The van der Waals surface area contributed by atoms with Crippen molar-refractivity contribution in [1.29, 1.82) is 0 Å². The van der Waals surface area contributed by atoms with Crippen LogP contribution in [0.15, 0.2) is 59.0 Å². The molecule has 5 rings (SSSR count). The molecule has 0 spiro atoms. The molecular formula is C28H30N6O2. The predicted molar refractivity (Wildman–Crippen MR) is 139 cm³/mol. The van der Waals surface area contributed by atoms with Gasteiger partial charge in [0.25, 0.3) is 5.91 Å². The lowest BCUT2D eigenvalue weighted by Gasteiger charge is -2.35. The molecule has 0 bridgehead atoms. The number of amides is 1. The summed E-state index contributed by atoms with van der Waals surface area (Å²) in [5.41, 5.74) is 4.44. The molecule has 184 valence electrons. The van der Waals surface area contributed by atoms with Crippen molar-refractivity contribution >= 4 is 11.7 Å². The Morgan fingerprint density at radius 3 is 2.00 bits per heavy atom. The van der Waals surface area contributed by atoms with Crippen molar-refractivity contribution in [2.75, 3.05) is 31.1 Å². The smallest absolute Gasteiger partial charge is 0.253 e. The van der Waals surface area contributed by atoms with E-state index < -0.39 is 0 Å². The van der Waals surface area contributed by atoms with Crippen molar-refractivity contribution in [3.8, 4) is 22.9 Å². The summed E-state index contributed by atoms with van der Waals surface area (Å²) in [6.07, 6.45) is 0. The molecular weight excluding hydrogens is 452 g/mol. The van der Waals surface area contributed by atoms with Gasteiger partial charge >= 0.3 is 0 Å². The summed E-state index contributed by atoms with van der Waals surface area (Å²) >= 11 is 0. The van der Waals surface area contributed by atoms with Gasteiger partial charge in [-0.05, 0) is 50.2 Å². The first-order valence-electron chi connectivity index (χ1n) is 12.3. The zero-order valence-corrected chi connectivity index (χ0v) is 21.1. The molecule has 8 nitrogen and oxygen atoms in total. The normalized spacial score (nSPS) is 13.9. The number of aryl methyl sites for hydroxylation is 2. The van der Waals surface area contributed by atoms with Gasteiger partial charge in [-0.15, -0.1) is 10.2 Å². The molecule has 1 aliphatic heterocycles. The van der Waals surface area contributed by atoms with Crippen LogP contribution in [0.1, 0.15) is 47.2 Å². The molecule has 3 heterocycles. The standard InChI is InChI=1S/C28H30N6O2/c1-18(2)25-29-20(4)17-24(30-25)33-13-15-34(16-14-33)28(35)23-11-9-22(10-12-23)27-32-31-26(36-27)21-7-5-19(3)6-8-21/h5-12,17-18H,13-16H2,1-4H3. The van der Waals surface area contributed by atoms with Crippen LogP contribution in [-0.2, 0) is 0 Å². The number of aromatic nitrogens is 4. The number of carbonyl (C=O) groups excluding carboxylic acids is 1. The highest BCUT2D eigenvalue weighted by molar-refractivity contribution is 5.94. The highest BCUT2D eigenvalue weighted by Gasteiger charge is 2.24.